The zero-order valence-electron chi connectivity index (χ0n) is 21.6. The van der Waals surface area contributed by atoms with E-state index in [1.165, 1.54) is 0 Å². The van der Waals surface area contributed by atoms with Crippen molar-refractivity contribution in [2.45, 2.75) is 71.9 Å². The summed E-state index contributed by atoms with van der Waals surface area (Å²) in [5.74, 6) is 0.0693. The Balaban J connectivity index is 0.000000613. The van der Waals surface area contributed by atoms with Crippen molar-refractivity contribution in [2.24, 2.45) is 11.7 Å². The molecule has 9 nitrogen and oxygen atoms in total. The van der Waals surface area contributed by atoms with E-state index in [0.717, 1.165) is 17.5 Å². The zero-order valence-corrected chi connectivity index (χ0v) is 21.6. The minimum Gasteiger partial charge on any atom is -0.489 e. The topological polar surface area (TPSA) is 140 Å². The molecule has 0 aliphatic rings. The van der Waals surface area contributed by atoms with E-state index < -0.39 is 23.7 Å². The molecule has 0 bridgehead atoms. The third-order valence-corrected chi connectivity index (χ3v) is 4.54. The van der Waals surface area contributed by atoms with E-state index in [1.54, 1.807) is 45.0 Å². The number of hydrogen-bond donors (Lipinski definition) is 4. The number of ether oxygens (including phenoxy) is 2. The van der Waals surface area contributed by atoms with E-state index in [0.29, 0.717) is 26.0 Å². The van der Waals surface area contributed by atoms with Gasteiger partial charge in [-0.1, -0.05) is 56.3 Å². The summed E-state index contributed by atoms with van der Waals surface area (Å²) in [7, 11) is 0.632. The first-order valence-electron chi connectivity index (χ1n) is 11.7. The molecule has 2 atom stereocenters. The third-order valence-electron chi connectivity index (χ3n) is 4.54. The maximum atomic E-state index is 11.8. The summed E-state index contributed by atoms with van der Waals surface area (Å²) in [6.45, 7) is 9.70. The van der Waals surface area contributed by atoms with Gasteiger partial charge in [-0.2, -0.15) is 0 Å². The molecule has 36 heavy (non-hydrogen) atoms. The Morgan fingerprint density at radius 1 is 1.03 bits per heavy atom. The van der Waals surface area contributed by atoms with Crippen LogP contribution in [0.5, 0.6) is 5.75 Å². The molecule has 0 aliphatic heterocycles. The molecule has 0 aromatic heterocycles. The number of hydrogen-bond acceptors (Lipinski definition) is 7. The number of alkyl carbamates (subject to hydrolysis) is 1. The van der Waals surface area contributed by atoms with Gasteiger partial charge in [0.15, 0.2) is 0 Å². The first-order valence-corrected chi connectivity index (χ1v) is 11.7. The number of carbonyl (C=O) groups is 2. The van der Waals surface area contributed by atoms with Crippen molar-refractivity contribution in [3.63, 3.8) is 0 Å². The molecule has 0 fully saturated rings. The number of amides is 1. The maximum absolute atomic E-state index is 11.8. The normalized spacial score (nSPS) is 12.6. The molecule has 0 spiro atoms. The highest BCUT2D eigenvalue weighted by Gasteiger charge is 2.24. The van der Waals surface area contributed by atoms with Gasteiger partial charge >= 0.3 is 19.7 Å². The second kappa shape index (κ2) is 15.8. The molecular weight excluding hydrogens is 463 g/mol. The predicted octanol–water partition coefficient (Wildman–Crippen LogP) is 3.65. The van der Waals surface area contributed by atoms with Gasteiger partial charge in [-0.15, -0.1) is 0 Å². The zero-order chi connectivity index (χ0) is 27.1. The smallest absolute Gasteiger partial charge is 0.486 e. The van der Waals surface area contributed by atoms with Crippen molar-refractivity contribution < 1.29 is 33.8 Å². The van der Waals surface area contributed by atoms with Crippen molar-refractivity contribution in [3.8, 4) is 5.75 Å². The van der Waals surface area contributed by atoms with Gasteiger partial charge in [-0.3, -0.25) is 0 Å². The van der Waals surface area contributed by atoms with Crippen LogP contribution < -0.4 is 15.8 Å². The Kier molecular flexibility index (Phi) is 13.6. The van der Waals surface area contributed by atoms with Crippen molar-refractivity contribution in [1.29, 1.82) is 0 Å². The van der Waals surface area contributed by atoms with Crippen LogP contribution in [0.25, 0.3) is 0 Å². The van der Waals surface area contributed by atoms with Crippen LogP contribution in [0.4, 0.5) is 4.79 Å². The Labute approximate surface area is 214 Å². The monoisotopic (exact) mass is 501 g/mol. The number of rotatable bonds is 11. The Morgan fingerprint density at radius 2 is 1.64 bits per heavy atom. The summed E-state index contributed by atoms with van der Waals surface area (Å²) in [4.78, 5) is 23.3. The molecule has 197 valence electrons. The molecule has 2 rings (SSSR count). The molecule has 10 heteroatoms. The van der Waals surface area contributed by atoms with Gasteiger partial charge in [-0.05, 0) is 56.4 Å². The quantitative estimate of drug-likeness (QED) is 0.270. The highest BCUT2D eigenvalue weighted by Crippen LogP contribution is 2.16. The summed E-state index contributed by atoms with van der Waals surface area (Å²) >= 11 is 0. The molecule has 2 aromatic rings. The minimum atomic E-state index is -1.12. The standard InChI is InChI=1S/C21H25NO5.C5H13BNO2/c1-21(2,3)27-20(25)22-18(19(23)24)13-15-9-11-17(12-10-15)26-14-16-7-5-4-6-8-16;1-4(2)3-5(7)9-6-8/h4-12,18H,13-14H2,1-3H3,(H,22,25)(H,23,24);4-5,8H,3,7H2,1-2H3/t18-;5-/m01/s1. The van der Waals surface area contributed by atoms with E-state index in [9.17, 15) is 14.7 Å². The van der Waals surface area contributed by atoms with Crippen molar-refractivity contribution in [3.05, 3.63) is 65.7 Å². The third kappa shape index (κ3) is 14.4. The molecule has 0 unspecified atom stereocenters. The highest BCUT2D eigenvalue weighted by molar-refractivity contribution is 6.15. The van der Waals surface area contributed by atoms with Crippen LogP contribution in [-0.2, 0) is 27.2 Å². The molecule has 2 aromatic carbocycles. The Bertz CT molecular complexity index is 903. The number of carbonyl (C=O) groups excluding carboxylic acids is 1. The minimum absolute atomic E-state index is 0.146. The van der Waals surface area contributed by atoms with Gasteiger partial charge in [-0.25, -0.2) is 9.59 Å². The molecule has 0 saturated carbocycles. The van der Waals surface area contributed by atoms with Crippen LogP contribution in [0, 0.1) is 5.92 Å². The Morgan fingerprint density at radius 3 is 2.14 bits per heavy atom. The highest BCUT2D eigenvalue weighted by atomic mass is 16.6. The lowest BCUT2D eigenvalue weighted by atomic mass is 10.1. The van der Waals surface area contributed by atoms with Gasteiger partial charge < -0.3 is 35.3 Å². The lowest BCUT2D eigenvalue weighted by molar-refractivity contribution is -0.139. The molecule has 5 N–H and O–H groups in total. The number of benzene rings is 2. The van der Waals surface area contributed by atoms with Crippen LogP contribution in [0.2, 0.25) is 0 Å². The molecule has 0 saturated heterocycles. The largest absolute Gasteiger partial charge is 0.489 e. The second-order valence-electron chi connectivity index (χ2n) is 9.57. The van der Waals surface area contributed by atoms with Gasteiger partial charge in [0.1, 0.15) is 24.0 Å². The lowest BCUT2D eigenvalue weighted by Gasteiger charge is -2.22. The first kappa shape index (κ1) is 31.0. The van der Waals surface area contributed by atoms with E-state index in [1.807, 2.05) is 44.2 Å². The van der Waals surface area contributed by atoms with Gasteiger partial charge in [0.05, 0.1) is 6.23 Å². The van der Waals surface area contributed by atoms with E-state index in [-0.39, 0.29) is 12.6 Å². The fourth-order valence-electron chi connectivity index (χ4n) is 2.95. The fourth-order valence-corrected chi connectivity index (χ4v) is 2.95. The van der Waals surface area contributed by atoms with Crippen LogP contribution in [0.1, 0.15) is 52.2 Å². The number of nitrogens with one attached hydrogen (secondary N) is 1. The average Bonchev–Trinajstić information content (AvgIpc) is 2.77. The van der Waals surface area contributed by atoms with E-state index >= 15 is 0 Å². The van der Waals surface area contributed by atoms with Crippen molar-refractivity contribution in [1.82, 2.24) is 5.32 Å². The molecular formula is C26H38BN2O7. The number of carboxylic acids is 1. The van der Waals surface area contributed by atoms with Gasteiger partial charge in [0.2, 0.25) is 0 Å². The van der Waals surface area contributed by atoms with Crippen LogP contribution in [0.3, 0.4) is 0 Å². The summed E-state index contributed by atoms with van der Waals surface area (Å²) in [5.41, 5.74) is 6.52. The van der Waals surface area contributed by atoms with Gasteiger partial charge in [0, 0.05) is 6.42 Å². The molecule has 1 amide bonds. The number of carboxylic acid groups (broad SMARTS) is 1. The van der Waals surface area contributed by atoms with Gasteiger partial charge in [0.25, 0.3) is 0 Å². The molecule has 0 aliphatic carbocycles. The summed E-state index contributed by atoms with van der Waals surface area (Å²) in [6.07, 6.45) is -0.211. The fraction of sp³-hybridized carbons (Fsp3) is 0.462. The van der Waals surface area contributed by atoms with Crippen molar-refractivity contribution >= 4 is 19.7 Å². The molecule has 1 radical (unpaired) electrons. The lowest BCUT2D eigenvalue weighted by Crippen LogP contribution is -2.44. The first-order chi connectivity index (χ1) is 16.9. The summed E-state index contributed by atoms with van der Waals surface area (Å²) < 4.78 is 15.4. The van der Waals surface area contributed by atoms with E-state index in [2.05, 4.69) is 9.97 Å². The second-order valence-corrected chi connectivity index (χ2v) is 9.57. The summed E-state index contributed by atoms with van der Waals surface area (Å²) in [6, 6.07) is 15.9. The van der Waals surface area contributed by atoms with Crippen LogP contribution in [0.15, 0.2) is 54.6 Å². The van der Waals surface area contributed by atoms with Crippen LogP contribution in [-0.4, -0.2) is 47.7 Å². The Hall–Kier alpha value is -3.08. The predicted molar refractivity (Wildman–Crippen MR) is 138 cm³/mol. The summed E-state index contributed by atoms with van der Waals surface area (Å²) in [5, 5.41) is 19.9. The van der Waals surface area contributed by atoms with Crippen molar-refractivity contribution in [2.75, 3.05) is 0 Å². The van der Waals surface area contributed by atoms with Crippen LogP contribution >= 0.6 is 0 Å². The average molecular weight is 501 g/mol. The maximum Gasteiger partial charge on any atom is 0.486 e. The molecule has 0 heterocycles. The number of nitrogens with two attached hydrogens (primary N) is 1. The SMILES string of the molecule is CC(C)(C)OC(=O)N[C@@H](Cc1ccc(OCc2ccccc2)cc1)C(=O)O.CC(C)C[C@H](N)O[B]O. The number of aliphatic carboxylic acids is 1. The van der Waals surface area contributed by atoms with E-state index in [4.69, 9.17) is 20.2 Å².